The molecule has 1 saturated carbocycles. The molecule has 2 atom stereocenters. The molecule has 1 fully saturated rings. The Balaban J connectivity index is 1.57. The zero-order valence-electron chi connectivity index (χ0n) is 12.2. The minimum absolute atomic E-state index is 0.155. The number of anilines is 1. The molecule has 116 valence electrons. The lowest BCUT2D eigenvalue weighted by Gasteiger charge is -2.28. The highest BCUT2D eigenvalue weighted by molar-refractivity contribution is 5.89. The van der Waals surface area contributed by atoms with E-state index in [4.69, 9.17) is 0 Å². The van der Waals surface area contributed by atoms with Gasteiger partial charge in [0, 0.05) is 11.9 Å². The molecule has 6 nitrogen and oxygen atoms in total. The molecule has 0 saturated heterocycles. The Morgan fingerprint density at radius 1 is 1.18 bits per heavy atom. The van der Waals surface area contributed by atoms with Gasteiger partial charge >= 0.3 is 6.03 Å². The van der Waals surface area contributed by atoms with Crippen molar-refractivity contribution in [3.8, 4) is 11.3 Å². The highest BCUT2D eigenvalue weighted by atomic mass is 16.3. The molecule has 4 N–H and O–H groups in total. The van der Waals surface area contributed by atoms with Gasteiger partial charge in [0.2, 0.25) is 0 Å². The van der Waals surface area contributed by atoms with Crippen LogP contribution in [0.4, 0.5) is 10.5 Å². The molecule has 2 amide bonds. The molecular formula is C16H20N4O2. The standard InChI is InChI=1S/C16H20N4O2/c21-15-4-2-1-3-14(15)19-16(22)18-12-7-5-11(6-8-12)13-9-10-17-20-13/h5-10,14-15,21H,1-4H2,(H,17,20)(H2,18,19,22). The summed E-state index contributed by atoms with van der Waals surface area (Å²) in [6, 6.07) is 8.97. The first-order chi connectivity index (χ1) is 10.7. The van der Waals surface area contributed by atoms with E-state index >= 15 is 0 Å². The van der Waals surface area contributed by atoms with E-state index in [1.165, 1.54) is 0 Å². The molecule has 1 aromatic heterocycles. The molecule has 1 aliphatic rings. The zero-order chi connectivity index (χ0) is 15.4. The summed E-state index contributed by atoms with van der Waals surface area (Å²) in [5.74, 6) is 0. The van der Waals surface area contributed by atoms with Crippen molar-refractivity contribution < 1.29 is 9.90 Å². The van der Waals surface area contributed by atoms with Crippen molar-refractivity contribution in [1.82, 2.24) is 15.5 Å². The highest BCUT2D eigenvalue weighted by Crippen LogP contribution is 2.20. The van der Waals surface area contributed by atoms with Crippen LogP contribution in [0.25, 0.3) is 11.3 Å². The number of hydrogen-bond donors (Lipinski definition) is 4. The number of aromatic nitrogens is 2. The van der Waals surface area contributed by atoms with Crippen LogP contribution >= 0.6 is 0 Å². The highest BCUT2D eigenvalue weighted by Gasteiger charge is 2.24. The number of rotatable bonds is 3. The summed E-state index contributed by atoms with van der Waals surface area (Å²) in [7, 11) is 0. The minimum Gasteiger partial charge on any atom is -0.391 e. The van der Waals surface area contributed by atoms with Gasteiger partial charge in [0.1, 0.15) is 0 Å². The van der Waals surface area contributed by atoms with Crippen molar-refractivity contribution in [2.75, 3.05) is 5.32 Å². The van der Waals surface area contributed by atoms with Crippen molar-refractivity contribution in [3.05, 3.63) is 36.5 Å². The van der Waals surface area contributed by atoms with Gasteiger partial charge in [-0.3, -0.25) is 5.10 Å². The SMILES string of the molecule is O=C(Nc1ccc(-c2ccn[nH]2)cc1)NC1CCCCC1O. The van der Waals surface area contributed by atoms with Crippen molar-refractivity contribution in [2.45, 2.75) is 37.8 Å². The summed E-state index contributed by atoms with van der Waals surface area (Å²) in [5.41, 5.74) is 2.65. The van der Waals surface area contributed by atoms with Gasteiger partial charge in [-0.25, -0.2) is 4.79 Å². The molecule has 1 aliphatic carbocycles. The van der Waals surface area contributed by atoms with Crippen LogP contribution in [0.1, 0.15) is 25.7 Å². The van der Waals surface area contributed by atoms with E-state index in [9.17, 15) is 9.90 Å². The van der Waals surface area contributed by atoms with Gasteiger partial charge in [-0.05, 0) is 36.6 Å². The Kier molecular flexibility index (Phi) is 4.39. The largest absolute Gasteiger partial charge is 0.391 e. The van der Waals surface area contributed by atoms with E-state index in [0.29, 0.717) is 5.69 Å². The Morgan fingerprint density at radius 2 is 1.95 bits per heavy atom. The Morgan fingerprint density at radius 3 is 2.64 bits per heavy atom. The predicted octanol–water partition coefficient (Wildman–Crippen LogP) is 2.50. The number of H-pyrrole nitrogens is 1. The van der Waals surface area contributed by atoms with E-state index in [2.05, 4.69) is 20.8 Å². The third-order valence-corrected chi connectivity index (χ3v) is 4.00. The van der Waals surface area contributed by atoms with Gasteiger partial charge in [0.15, 0.2) is 0 Å². The van der Waals surface area contributed by atoms with Crippen LogP contribution in [0.5, 0.6) is 0 Å². The molecule has 6 heteroatoms. The van der Waals surface area contributed by atoms with E-state index in [0.717, 1.165) is 36.9 Å². The van der Waals surface area contributed by atoms with Crippen LogP contribution in [0.3, 0.4) is 0 Å². The van der Waals surface area contributed by atoms with Crippen LogP contribution in [0.2, 0.25) is 0 Å². The lowest BCUT2D eigenvalue weighted by atomic mass is 9.93. The van der Waals surface area contributed by atoms with E-state index < -0.39 is 6.10 Å². The topological polar surface area (TPSA) is 90.0 Å². The lowest BCUT2D eigenvalue weighted by molar-refractivity contribution is 0.0955. The van der Waals surface area contributed by atoms with Crippen LogP contribution in [0, 0.1) is 0 Å². The number of carbonyl (C=O) groups excluding carboxylic acids is 1. The van der Waals surface area contributed by atoms with Crippen LogP contribution < -0.4 is 10.6 Å². The maximum Gasteiger partial charge on any atom is 0.319 e. The number of carbonyl (C=O) groups is 1. The Bertz CT molecular complexity index is 610. The van der Waals surface area contributed by atoms with E-state index in [1.807, 2.05) is 30.3 Å². The second kappa shape index (κ2) is 6.62. The molecular weight excluding hydrogens is 280 g/mol. The summed E-state index contributed by atoms with van der Waals surface area (Å²) in [4.78, 5) is 12.0. The maximum atomic E-state index is 12.0. The fourth-order valence-electron chi connectivity index (χ4n) is 2.76. The van der Waals surface area contributed by atoms with Gasteiger partial charge in [0.25, 0.3) is 0 Å². The van der Waals surface area contributed by atoms with E-state index in [-0.39, 0.29) is 12.1 Å². The number of aromatic amines is 1. The fraction of sp³-hybridized carbons (Fsp3) is 0.375. The van der Waals surface area contributed by atoms with Crippen molar-refractivity contribution >= 4 is 11.7 Å². The molecule has 0 spiro atoms. The minimum atomic E-state index is -0.442. The molecule has 1 heterocycles. The number of urea groups is 1. The molecule has 0 bridgehead atoms. The Hall–Kier alpha value is -2.34. The molecule has 0 radical (unpaired) electrons. The summed E-state index contributed by atoms with van der Waals surface area (Å²) in [5, 5.41) is 22.3. The van der Waals surface area contributed by atoms with Crippen LogP contribution in [0.15, 0.2) is 36.5 Å². The van der Waals surface area contributed by atoms with Crippen molar-refractivity contribution in [3.63, 3.8) is 0 Å². The number of aliphatic hydroxyl groups excluding tert-OH is 1. The normalized spacial score (nSPS) is 21.3. The first-order valence-corrected chi connectivity index (χ1v) is 7.58. The van der Waals surface area contributed by atoms with Crippen molar-refractivity contribution in [1.29, 1.82) is 0 Å². The first kappa shape index (κ1) is 14.6. The second-order valence-corrected chi connectivity index (χ2v) is 5.60. The Labute approximate surface area is 128 Å². The van der Waals surface area contributed by atoms with E-state index in [1.54, 1.807) is 6.20 Å². The average molecular weight is 300 g/mol. The molecule has 2 unspecified atom stereocenters. The number of benzene rings is 1. The molecule has 1 aromatic carbocycles. The molecule has 0 aliphatic heterocycles. The summed E-state index contributed by atoms with van der Waals surface area (Å²) >= 11 is 0. The zero-order valence-corrected chi connectivity index (χ0v) is 12.2. The summed E-state index contributed by atoms with van der Waals surface area (Å²) < 4.78 is 0. The number of amides is 2. The fourth-order valence-corrected chi connectivity index (χ4v) is 2.76. The van der Waals surface area contributed by atoms with Crippen LogP contribution in [-0.4, -0.2) is 33.5 Å². The third kappa shape index (κ3) is 3.46. The number of nitrogens with zero attached hydrogens (tertiary/aromatic N) is 1. The monoisotopic (exact) mass is 300 g/mol. The average Bonchev–Trinajstić information content (AvgIpc) is 3.05. The number of hydrogen-bond acceptors (Lipinski definition) is 3. The molecule has 2 aromatic rings. The molecule has 22 heavy (non-hydrogen) atoms. The number of aliphatic hydroxyl groups is 1. The smallest absolute Gasteiger partial charge is 0.319 e. The quantitative estimate of drug-likeness (QED) is 0.702. The van der Waals surface area contributed by atoms with Gasteiger partial charge in [-0.1, -0.05) is 25.0 Å². The third-order valence-electron chi connectivity index (χ3n) is 4.00. The summed E-state index contributed by atoms with van der Waals surface area (Å²) in [6.07, 6.45) is 4.90. The summed E-state index contributed by atoms with van der Waals surface area (Å²) in [6.45, 7) is 0. The first-order valence-electron chi connectivity index (χ1n) is 7.58. The second-order valence-electron chi connectivity index (χ2n) is 5.60. The maximum absolute atomic E-state index is 12.0. The van der Waals surface area contributed by atoms with Crippen LogP contribution in [-0.2, 0) is 0 Å². The van der Waals surface area contributed by atoms with Gasteiger partial charge in [-0.15, -0.1) is 0 Å². The predicted molar refractivity (Wildman–Crippen MR) is 84.4 cm³/mol. The van der Waals surface area contributed by atoms with Gasteiger partial charge in [-0.2, -0.15) is 5.10 Å². The van der Waals surface area contributed by atoms with Gasteiger partial charge < -0.3 is 15.7 Å². The lowest BCUT2D eigenvalue weighted by Crippen LogP contribution is -2.46. The molecule has 3 rings (SSSR count). The number of nitrogens with one attached hydrogen (secondary N) is 3. The van der Waals surface area contributed by atoms with Gasteiger partial charge in [0.05, 0.1) is 17.8 Å². The van der Waals surface area contributed by atoms with Crippen molar-refractivity contribution in [2.24, 2.45) is 0 Å².